The van der Waals surface area contributed by atoms with Crippen molar-refractivity contribution < 1.29 is 27.5 Å². The number of fused-ring (bicyclic) bond motifs is 1. The number of hydrogen-bond acceptors (Lipinski definition) is 5. The number of halogens is 3. The first-order valence-electron chi connectivity index (χ1n) is 9.15. The van der Waals surface area contributed by atoms with Gasteiger partial charge < -0.3 is 15.4 Å². The summed E-state index contributed by atoms with van der Waals surface area (Å²) in [6.45, 7) is 0. The van der Waals surface area contributed by atoms with Crippen LogP contribution in [0.3, 0.4) is 0 Å². The summed E-state index contributed by atoms with van der Waals surface area (Å²) < 4.78 is 45.0. The van der Waals surface area contributed by atoms with Gasteiger partial charge in [0.2, 0.25) is 12.3 Å². The van der Waals surface area contributed by atoms with Crippen LogP contribution in [0.1, 0.15) is 15.9 Å². The van der Waals surface area contributed by atoms with E-state index in [-0.39, 0.29) is 17.3 Å². The van der Waals surface area contributed by atoms with Crippen LogP contribution in [0.2, 0.25) is 0 Å². The van der Waals surface area contributed by atoms with E-state index in [1.807, 2.05) is 0 Å². The van der Waals surface area contributed by atoms with E-state index in [1.54, 1.807) is 36.4 Å². The zero-order valence-corrected chi connectivity index (χ0v) is 16.1. The standard InChI is InChI=1S/C21H14F3N5O3/c22-21(23,24)14-6-4-13(5-7-14)20(31)27-17-11-29-18(26-17)8-9-19(28-29)32-16-3-1-2-15(10-16)25-12-30/h1-12H,(H,25,30)(H,27,31). The molecule has 8 nitrogen and oxygen atoms in total. The van der Waals surface area contributed by atoms with Crippen molar-refractivity contribution in [3.05, 3.63) is 78.0 Å². The average Bonchev–Trinajstić information content (AvgIpc) is 3.15. The highest BCUT2D eigenvalue weighted by Gasteiger charge is 2.30. The molecule has 0 atom stereocenters. The van der Waals surface area contributed by atoms with Crippen LogP contribution in [0.5, 0.6) is 11.6 Å². The summed E-state index contributed by atoms with van der Waals surface area (Å²) >= 11 is 0. The number of nitrogens with zero attached hydrogens (tertiary/aromatic N) is 3. The van der Waals surface area contributed by atoms with Gasteiger partial charge in [0.25, 0.3) is 5.91 Å². The van der Waals surface area contributed by atoms with Gasteiger partial charge in [-0.3, -0.25) is 9.59 Å². The Morgan fingerprint density at radius 2 is 1.84 bits per heavy atom. The maximum atomic E-state index is 12.7. The number of benzene rings is 2. The minimum absolute atomic E-state index is 0.0517. The highest BCUT2D eigenvalue weighted by Crippen LogP contribution is 2.29. The van der Waals surface area contributed by atoms with Gasteiger partial charge in [-0.2, -0.15) is 13.2 Å². The van der Waals surface area contributed by atoms with E-state index in [4.69, 9.17) is 4.74 Å². The number of alkyl halides is 3. The van der Waals surface area contributed by atoms with Crippen molar-refractivity contribution in [3.8, 4) is 11.6 Å². The van der Waals surface area contributed by atoms with Gasteiger partial charge in [-0.1, -0.05) is 6.07 Å². The van der Waals surface area contributed by atoms with E-state index < -0.39 is 17.6 Å². The lowest BCUT2D eigenvalue weighted by atomic mass is 10.1. The number of rotatable bonds is 6. The number of hydrogen-bond donors (Lipinski definition) is 2. The Bertz CT molecular complexity index is 1290. The molecule has 0 aliphatic heterocycles. The highest BCUT2D eigenvalue weighted by atomic mass is 19.4. The van der Waals surface area contributed by atoms with Crippen LogP contribution in [-0.2, 0) is 11.0 Å². The normalized spacial score (nSPS) is 11.2. The molecule has 0 spiro atoms. The number of carbonyl (C=O) groups is 2. The third-order valence-electron chi connectivity index (χ3n) is 4.29. The Morgan fingerprint density at radius 1 is 1.06 bits per heavy atom. The predicted octanol–water partition coefficient (Wildman–Crippen LogP) is 4.36. The van der Waals surface area contributed by atoms with Gasteiger partial charge in [-0.05, 0) is 42.5 Å². The molecule has 2 N–H and O–H groups in total. The van der Waals surface area contributed by atoms with Crippen LogP contribution in [0, 0.1) is 0 Å². The maximum Gasteiger partial charge on any atom is 0.416 e. The van der Waals surface area contributed by atoms with Gasteiger partial charge in [0, 0.05) is 23.4 Å². The topological polar surface area (TPSA) is 97.6 Å². The van der Waals surface area contributed by atoms with E-state index in [9.17, 15) is 22.8 Å². The van der Waals surface area contributed by atoms with E-state index >= 15 is 0 Å². The van der Waals surface area contributed by atoms with Crippen LogP contribution in [0.25, 0.3) is 5.65 Å². The second kappa shape index (κ2) is 8.38. The Kier molecular flexibility index (Phi) is 5.46. The Morgan fingerprint density at radius 3 is 2.56 bits per heavy atom. The molecule has 4 aromatic rings. The molecule has 32 heavy (non-hydrogen) atoms. The summed E-state index contributed by atoms with van der Waals surface area (Å²) in [6, 6.07) is 13.7. The quantitative estimate of drug-likeness (QED) is 0.434. The molecule has 0 radical (unpaired) electrons. The molecule has 2 aromatic heterocycles. The van der Waals surface area contributed by atoms with Crippen LogP contribution in [-0.4, -0.2) is 26.9 Å². The van der Waals surface area contributed by atoms with Crippen molar-refractivity contribution in [2.24, 2.45) is 0 Å². The fourth-order valence-corrected chi connectivity index (χ4v) is 2.82. The number of imidazole rings is 1. The van der Waals surface area contributed by atoms with Crippen LogP contribution >= 0.6 is 0 Å². The van der Waals surface area contributed by atoms with Gasteiger partial charge in [-0.25, -0.2) is 9.50 Å². The van der Waals surface area contributed by atoms with Crippen molar-refractivity contribution in [1.29, 1.82) is 0 Å². The minimum atomic E-state index is -4.48. The van der Waals surface area contributed by atoms with Gasteiger partial charge in [-0.15, -0.1) is 5.10 Å². The summed E-state index contributed by atoms with van der Waals surface area (Å²) in [7, 11) is 0. The molecule has 0 saturated heterocycles. The molecule has 2 amide bonds. The minimum Gasteiger partial charge on any atom is -0.438 e. The van der Waals surface area contributed by atoms with Crippen molar-refractivity contribution in [2.45, 2.75) is 6.18 Å². The van der Waals surface area contributed by atoms with E-state index in [0.717, 1.165) is 24.3 Å². The molecule has 2 aromatic carbocycles. The molecule has 0 bridgehead atoms. The Labute approximate surface area is 178 Å². The third kappa shape index (κ3) is 4.67. The van der Waals surface area contributed by atoms with Gasteiger partial charge >= 0.3 is 6.18 Å². The highest BCUT2D eigenvalue weighted by molar-refractivity contribution is 6.03. The summed E-state index contributed by atoms with van der Waals surface area (Å²) in [4.78, 5) is 27.1. The molecule has 11 heteroatoms. The number of aromatic nitrogens is 3. The molecule has 0 aliphatic rings. The second-order valence-electron chi connectivity index (χ2n) is 6.52. The second-order valence-corrected chi connectivity index (χ2v) is 6.52. The molecule has 4 rings (SSSR count). The Hall–Kier alpha value is -4.41. The van der Waals surface area contributed by atoms with Gasteiger partial charge in [0.1, 0.15) is 5.75 Å². The summed E-state index contributed by atoms with van der Waals surface area (Å²) in [5.74, 6) is 0.230. The Balaban J connectivity index is 1.48. The third-order valence-corrected chi connectivity index (χ3v) is 4.29. The SMILES string of the molecule is O=CNc1cccc(Oc2ccc3nc(NC(=O)c4ccc(C(F)(F)F)cc4)cn3n2)c1. The molecule has 0 unspecified atom stereocenters. The van der Waals surface area contributed by atoms with E-state index in [1.165, 1.54) is 10.7 Å². The molecule has 0 fully saturated rings. The molecule has 2 heterocycles. The molecule has 0 saturated carbocycles. The molecular weight excluding hydrogens is 427 g/mol. The number of anilines is 2. The lowest BCUT2D eigenvalue weighted by Crippen LogP contribution is -2.13. The lowest BCUT2D eigenvalue weighted by Gasteiger charge is -2.07. The van der Waals surface area contributed by atoms with Crippen molar-refractivity contribution >= 4 is 29.5 Å². The average molecular weight is 441 g/mol. The van der Waals surface area contributed by atoms with Gasteiger partial charge in [0.05, 0.1) is 11.8 Å². The number of carbonyl (C=O) groups excluding carboxylic acids is 2. The van der Waals surface area contributed by atoms with Crippen LogP contribution in [0.15, 0.2) is 66.9 Å². The first kappa shape index (κ1) is 20.8. The monoisotopic (exact) mass is 441 g/mol. The first-order valence-corrected chi connectivity index (χ1v) is 9.15. The van der Waals surface area contributed by atoms with Crippen molar-refractivity contribution in [1.82, 2.24) is 14.6 Å². The summed E-state index contributed by atoms with van der Waals surface area (Å²) in [5, 5.41) is 9.29. The van der Waals surface area contributed by atoms with E-state index in [0.29, 0.717) is 23.5 Å². The zero-order chi connectivity index (χ0) is 22.7. The van der Waals surface area contributed by atoms with Crippen LogP contribution < -0.4 is 15.4 Å². The molecular formula is C21H14F3N5O3. The fraction of sp³-hybridized carbons (Fsp3) is 0.0476. The lowest BCUT2D eigenvalue weighted by molar-refractivity contribution is -0.137. The number of nitrogens with one attached hydrogen (secondary N) is 2. The number of amides is 2. The molecule has 0 aliphatic carbocycles. The maximum absolute atomic E-state index is 12.7. The first-order chi connectivity index (χ1) is 15.3. The largest absolute Gasteiger partial charge is 0.438 e. The summed E-state index contributed by atoms with van der Waals surface area (Å²) in [6.07, 6.45) is -2.49. The van der Waals surface area contributed by atoms with Gasteiger partial charge in [0.15, 0.2) is 11.5 Å². The predicted molar refractivity (Wildman–Crippen MR) is 109 cm³/mol. The fourth-order valence-electron chi connectivity index (χ4n) is 2.82. The summed E-state index contributed by atoms with van der Waals surface area (Å²) in [5.41, 5.74) is 0.174. The smallest absolute Gasteiger partial charge is 0.416 e. The van der Waals surface area contributed by atoms with E-state index in [2.05, 4.69) is 20.7 Å². The zero-order valence-electron chi connectivity index (χ0n) is 16.1. The van der Waals surface area contributed by atoms with Crippen molar-refractivity contribution in [2.75, 3.05) is 10.6 Å². The van der Waals surface area contributed by atoms with Crippen LogP contribution in [0.4, 0.5) is 24.7 Å². The van der Waals surface area contributed by atoms with Crippen molar-refractivity contribution in [3.63, 3.8) is 0 Å². The number of ether oxygens (including phenoxy) is 1. The molecule has 162 valence electrons.